The number of hydrogen-bond donors (Lipinski definition) is 2. The molecule has 11 heteroatoms. The predicted octanol–water partition coefficient (Wildman–Crippen LogP) is 2.72. The highest BCUT2D eigenvalue weighted by Crippen LogP contribution is 2.34. The number of fused-ring (bicyclic) bond motifs is 1. The topological polar surface area (TPSA) is 119 Å². The van der Waals surface area contributed by atoms with Gasteiger partial charge in [-0.05, 0) is 26.0 Å². The van der Waals surface area contributed by atoms with E-state index in [1.165, 1.54) is 19.5 Å². The highest BCUT2D eigenvalue weighted by atomic mass is 35.5. The van der Waals surface area contributed by atoms with Crippen molar-refractivity contribution in [1.82, 2.24) is 29.4 Å². The summed E-state index contributed by atoms with van der Waals surface area (Å²) in [6, 6.07) is 3.43. The first-order valence-corrected chi connectivity index (χ1v) is 10.2. The van der Waals surface area contributed by atoms with E-state index in [-0.39, 0.29) is 18.9 Å². The fourth-order valence-electron chi connectivity index (χ4n) is 3.28. The fourth-order valence-corrected chi connectivity index (χ4v) is 3.44. The number of ether oxygens (including phenoxy) is 1. The molecular weight excluding hydrogens is 434 g/mol. The Hall–Kier alpha value is -3.50. The number of anilines is 1. The lowest BCUT2D eigenvalue weighted by atomic mass is 10.1. The van der Waals surface area contributed by atoms with E-state index in [9.17, 15) is 9.90 Å². The van der Waals surface area contributed by atoms with Gasteiger partial charge in [0.25, 0.3) is 0 Å². The molecule has 2 N–H and O–H groups in total. The van der Waals surface area contributed by atoms with Crippen molar-refractivity contribution in [2.45, 2.75) is 26.0 Å². The molecule has 0 atom stereocenters. The number of rotatable bonds is 8. The Kier molecular flexibility index (Phi) is 5.81. The van der Waals surface area contributed by atoms with Crippen LogP contribution in [0.25, 0.3) is 16.9 Å². The Morgan fingerprint density at radius 2 is 2.12 bits per heavy atom. The molecule has 10 nitrogen and oxygen atoms in total. The third-order valence-electron chi connectivity index (χ3n) is 4.60. The van der Waals surface area contributed by atoms with Gasteiger partial charge in [-0.3, -0.25) is 9.48 Å². The van der Waals surface area contributed by atoms with Crippen molar-refractivity contribution in [1.29, 1.82) is 0 Å². The molecule has 4 heterocycles. The second kappa shape index (κ2) is 8.56. The quantitative estimate of drug-likeness (QED) is 0.389. The molecule has 4 aromatic heterocycles. The van der Waals surface area contributed by atoms with E-state index in [2.05, 4.69) is 25.5 Å². The van der Waals surface area contributed by atoms with Gasteiger partial charge in [0.05, 0.1) is 53.8 Å². The molecule has 0 bridgehead atoms. The van der Waals surface area contributed by atoms with Gasteiger partial charge in [0.1, 0.15) is 5.69 Å². The van der Waals surface area contributed by atoms with Crippen LogP contribution in [0.2, 0.25) is 5.02 Å². The standard InChI is InChI=1S/C21H22ClN7O3/c1-21(2,31)12-28-11-16(18(27-28)14-7-13(22)8-25-20(14)32-3)24-10-17(30)15-9-26-29-6-4-5-23-19(15)29/h4-9,11,24,31H,10,12H2,1-3H3. The minimum Gasteiger partial charge on any atom is -0.481 e. The lowest BCUT2D eigenvalue weighted by Crippen LogP contribution is -2.26. The zero-order valence-electron chi connectivity index (χ0n) is 17.8. The van der Waals surface area contributed by atoms with Crippen LogP contribution >= 0.6 is 11.6 Å². The molecule has 0 spiro atoms. The summed E-state index contributed by atoms with van der Waals surface area (Å²) in [5.41, 5.74) is 1.52. The van der Waals surface area contributed by atoms with Crippen LogP contribution in [0, 0.1) is 0 Å². The maximum atomic E-state index is 12.9. The molecule has 0 aliphatic carbocycles. The molecule has 4 aromatic rings. The first-order chi connectivity index (χ1) is 15.2. The fraction of sp³-hybridized carbons (Fsp3) is 0.286. The normalized spacial score (nSPS) is 11.7. The van der Waals surface area contributed by atoms with Crippen LogP contribution in [0.15, 0.2) is 43.1 Å². The Labute approximate surface area is 188 Å². The highest BCUT2D eigenvalue weighted by Gasteiger charge is 2.22. The van der Waals surface area contributed by atoms with E-state index < -0.39 is 5.60 Å². The second-order valence-electron chi connectivity index (χ2n) is 7.83. The van der Waals surface area contributed by atoms with Crippen LogP contribution in [-0.2, 0) is 6.54 Å². The number of pyridine rings is 1. The van der Waals surface area contributed by atoms with Crippen LogP contribution in [0.3, 0.4) is 0 Å². The third kappa shape index (κ3) is 4.56. The SMILES string of the molecule is COc1ncc(Cl)cc1-c1nn(CC(C)(C)O)cc1NCC(=O)c1cnn2cccnc12. The van der Waals surface area contributed by atoms with Crippen LogP contribution in [0.5, 0.6) is 5.88 Å². The molecule has 4 rings (SSSR count). The largest absolute Gasteiger partial charge is 0.481 e. The number of carbonyl (C=O) groups is 1. The number of Topliss-reactive ketones (excluding diaryl/α,β-unsaturated/α-hetero) is 1. The molecule has 32 heavy (non-hydrogen) atoms. The minimum atomic E-state index is -0.990. The van der Waals surface area contributed by atoms with Crippen molar-refractivity contribution in [3.05, 3.63) is 53.7 Å². The van der Waals surface area contributed by atoms with Gasteiger partial charge >= 0.3 is 0 Å². The van der Waals surface area contributed by atoms with Gasteiger partial charge in [-0.15, -0.1) is 0 Å². The van der Waals surface area contributed by atoms with Crippen LogP contribution in [0.1, 0.15) is 24.2 Å². The van der Waals surface area contributed by atoms with E-state index in [4.69, 9.17) is 16.3 Å². The second-order valence-corrected chi connectivity index (χ2v) is 8.27. The summed E-state index contributed by atoms with van der Waals surface area (Å²) >= 11 is 6.16. The van der Waals surface area contributed by atoms with E-state index in [0.29, 0.717) is 39.1 Å². The van der Waals surface area contributed by atoms with Crippen LogP contribution in [0.4, 0.5) is 5.69 Å². The Morgan fingerprint density at radius 3 is 2.88 bits per heavy atom. The van der Waals surface area contributed by atoms with Crippen molar-refractivity contribution >= 4 is 28.7 Å². The molecule has 0 saturated carbocycles. The average molecular weight is 456 g/mol. The summed E-state index contributed by atoms with van der Waals surface area (Å²) in [7, 11) is 1.50. The summed E-state index contributed by atoms with van der Waals surface area (Å²) in [6.07, 6.45) is 8.03. The van der Waals surface area contributed by atoms with E-state index >= 15 is 0 Å². The molecular formula is C21H22ClN7O3. The summed E-state index contributed by atoms with van der Waals surface area (Å²) in [5.74, 6) is 0.153. The van der Waals surface area contributed by atoms with Crippen LogP contribution in [-0.4, -0.2) is 59.5 Å². The molecule has 166 valence electrons. The van der Waals surface area contributed by atoms with Gasteiger partial charge in [0.2, 0.25) is 5.88 Å². The molecule has 0 amide bonds. The van der Waals surface area contributed by atoms with Gasteiger partial charge in [-0.25, -0.2) is 14.5 Å². The third-order valence-corrected chi connectivity index (χ3v) is 4.80. The van der Waals surface area contributed by atoms with Gasteiger partial charge in [0, 0.05) is 24.8 Å². The van der Waals surface area contributed by atoms with Gasteiger partial charge < -0.3 is 15.2 Å². The van der Waals surface area contributed by atoms with E-state index in [1.807, 2.05) is 0 Å². The number of aliphatic hydroxyl groups is 1. The smallest absolute Gasteiger partial charge is 0.222 e. The zero-order valence-corrected chi connectivity index (χ0v) is 18.5. The number of ketones is 1. The predicted molar refractivity (Wildman–Crippen MR) is 119 cm³/mol. The number of halogens is 1. The Morgan fingerprint density at radius 1 is 1.31 bits per heavy atom. The number of nitrogens with one attached hydrogen (secondary N) is 1. The van der Waals surface area contributed by atoms with Crippen molar-refractivity contribution in [2.75, 3.05) is 19.0 Å². The average Bonchev–Trinajstić information content (AvgIpc) is 3.34. The van der Waals surface area contributed by atoms with Crippen molar-refractivity contribution < 1.29 is 14.6 Å². The highest BCUT2D eigenvalue weighted by molar-refractivity contribution is 6.30. The summed E-state index contributed by atoms with van der Waals surface area (Å²) in [5, 5.41) is 22.5. The molecule has 0 unspecified atom stereocenters. The summed E-state index contributed by atoms with van der Waals surface area (Å²) in [6.45, 7) is 3.59. The number of hydrogen-bond acceptors (Lipinski definition) is 8. The maximum absolute atomic E-state index is 12.9. The van der Waals surface area contributed by atoms with Gasteiger partial charge in [0.15, 0.2) is 11.4 Å². The molecule has 0 aliphatic rings. The number of aromatic nitrogens is 6. The lowest BCUT2D eigenvalue weighted by Gasteiger charge is -2.16. The maximum Gasteiger partial charge on any atom is 0.222 e. The van der Waals surface area contributed by atoms with Crippen molar-refractivity contribution in [3.63, 3.8) is 0 Å². The minimum absolute atomic E-state index is 0.0184. The monoisotopic (exact) mass is 455 g/mol. The lowest BCUT2D eigenvalue weighted by molar-refractivity contribution is 0.0578. The van der Waals surface area contributed by atoms with Crippen molar-refractivity contribution in [2.24, 2.45) is 0 Å². The molecule has 0 aliphatic heterocycles. The van der Waals surface area contributed by atoms with Gasteiger partial charge in [-0.2, -0.15) is 10.2 Å². The number of nitrogens with zero attached hydrogens (tertiary/aromatic N) is 6. The first-order valence-electron chi connectivity index (χ1n) is 9.80. The first kappa shape index (κ1) is 21.7. The van der Waals surface area contributed by atoms with E-state index in [1.54, 1.807) is 53.8 Å². The summed E-state index contributed by atoms with van der Waals surface area (Å²) < 4.78 is 8.51. The van der Waals surface area contributed by atoms with Gasteiger partial charge in [-0.1, -0.05) is 11.6 Å². The number of methoxy groups -OCH3 is 1. The zero-order chi connectivity index (χ0) is 22.9. The Balaban J connectivity index is 1.66. The van der Waals surface area contributed by atoms with Crippen LogP contribution < -0.4 is 10.1 Å². The summed E-state index contributed by atoms with van der Waals surface area (Å²) in [4.78, 5) is 21.3. The Bertz CT molecular complexity index is 1280. The molecule has 0 aromatic carbocycles. The van der Waals surface area contributed by atoms with Crippen molar-refractivity contribution in [3.8, 4) is 17.1 Å². The molecule has 0 saturated heterocycles. The molecule has 0 fully saturated rings. The van der Waals surface area contributed by atoms with E-state index in [0.717, 1.165) is 0 Å². The molecule has 0 radical (unpaired) electrons. The number of carbonyl (C=O) groups excluding carboxylic acids is 1.